The fraction of sp³-hybridized carbons (Fsp3) is 0.333. The van der Waals surface area contributed by atoms with E-state index in [2.05, 4.69) is 4.74 Å². The van der Waals surface area contributed by atoms with Crippen LogP contribution in [-0.2, 0) is 0 Å². The average Bonchev–Trinajstić information content (AvgIpc) is 2.10. The van der Waals surface area contributed by atoms with Gasteiger partial charge in [0, 0.05) is 6.07 Å². The zero-order valence-corrected chi connectivity index (χ0v) is 7.36. The van der Waals surface area contributed by atoms with Gasteiger partial charge in [-0.25, -0.2) is 8.78 Å². The molecule has 1 radical (unpaired) electrons. The van der Waals surface area contributed by atoms with Gasteiger partial charge >= 0.3 is 0 Å². The van der Waals surface area contributed by atoms with E-state index in [9.17, 15) is 8.78 Å². The Morgan fingerprint density at radius 1 is 1.31 bits per heavy atom. The minimum atomic E-state index is -0.858. The summed E-state index contributed by atoms with van der Waals surface area (Å²) in [5.41, 5.74) is 0. The molecule has 0 saturated carbocycles. The highest BCUT2D eigenvalue weighted by atomic mass is 19.1. The van der Waals surface area contributed by atoms with Crippen LogP contribution in [0.1, 0.15) is 6.92 Å². The molecule has 0 fully saturated rings. The largest absolute Gasteiger partial charge is 0.494 e. The van der Waals surface area contributed by atoms with Gasteiger partial charge in [0.1, 0.15) is 0 Å². The van der Waals surface area contributed by atoms with Crippen LogP contribution in [0.25, 0.3) is 0 Å². The Morgan fingerprint density at radius 2 is 1.92 bits per heavy atom. The number of ether oxygens (including phenoxy) is 2. The third-order valence-corrected chi connectivity index (χ3v) is 1.43. The fourth-order valence-electron chi connectivity index (χ4n) is 0.874. The Kier molecular flexibility index (Phi) is 3.06. The zero-order chi connectivity index (χ0) is 9.84. The van der Waals surface area contributed by atoms with Crippen molar-refractivity contribution in [3.8, 4) is 11.5 Å². The Labute approximate surface area is 75.1 Å². The first-order valence-corrected chi connectivity index (χ1v) is 3.77. The predicted octanol–water partition coefficient (Wildman–Crippen LogP) is 2.17. The number of rotatable bonds is 3. The lowest BCUT2D eigenvalue weighted by Crippen LogP contribution is -1.97. The molecule has 0 spiro atoms. The van der Waals surface area contributed by atoms with Crippen molar-refractivity contribution in [2.24, 2.45) is 0 Å². The molecule has 0 amide bonds. The Balaban J connectivity index is 3.06. The maximum Gasteiger partial charge on any atom is 0.176 e. The Bertz CT molecular complexity index is 300. The molecule has 0 aliphatic heterocycles. The summed E-state index contributed by atoms with van der Waals surface area (Å²) in [7, 11) is 1.29. The maximum absolute atomic E-state index is 12.9. The summed E-state index contributed by atoms with van der Waals surface area (Å²) >= 11 is 0. The van der Waals surface area contributed by atoms with E-state index in [1.807, 2.05) is 6.07 Å². The number of halogens is 2. The monoisotopic (exact) mass is 187 g/mol. The molecule has 0 atom stereocenters. The van der Waals surface area contributed by atoms with Crippen molar-refractivity contribution in [1.82, 2.24) is 0 Å². The highest BCUT2D eigenvalue weighted by Gasteiger charge is 2.11. The number of hydrogen-bond acceptors (Lipinski definition) is 2. The third kappa shape index (κ3) is 2.08. The van der Waals surface area contributed by atoms with Gasteiger partial charge in [-0.15, -0.1) is 0 Å². The second-order valence-electron chi connectivity index (χ2n) is 2.26. The summed E-state index contributed by atoms with van der Waals surface area (Å²) in [6.07, 6.45) is 0. The molecule has 0 aliphatic carbocycles. The molecule has 13 heavy (non-hydrogen) atoms. The smallest absolute Gasteiger partial charge is 0.176 e. The molecule has 1 rings (SSSR count). The topological polar surface area (TPSA) is 18.5 Å². The summed E-state index contributed by atoms with van der Waals surface area (Å²) in [5.74, 6) is -1.84. The van der Waals surface area contributed by atoms with Crippen LogP contribution in [0.3, 0.4) is 0 Å². The number of hydrogen-bond donors (Lipinski definition) is 0. The molecular weight excluding hydrogens is 178 g/mol. The molecular formula is C9H9F2O2. The van der Waals surface area contributed by atoms with Gasteiger partial charge < -0.3 is 9.47 Å². The lowest BCUT2D eigenvalue weighted by atomic mass is 10.3. The van der Waals surface area contributed by atoms with Crippen LogP contribution < -0.4 is 9.47 Å². The van der Waals surface area contributed by atoms with Crippen molar-refractivity contribution in [3.05, 3.63) is 23.8 Å². The quantitative estimate of drug-likeness (QED) is 0.722. The SMILES string of the molecule is CCOc1cc(OC)c(F)[c]c1F. The maximum atomic E-state index is 12.9. The Hall–Kier alpha value is -1.32. The van der Waals surface area contributed by atoms with E-state index in [4.69, 9.17) is 4.74 Å². The second kappa shape index (κ2) is 4.07. The number of methoxy groups -OCH3 is 1. The highest BCUT2D eigenvalue weighted by molar-refractivity contribution is 5.35. The van der Waals surface area contributed by atoms with Gasteiger partial charge in [0.15, 0.2) is 23.1 Å². The van der Waals surface area contributed by atoms with E-state index >= 15 is 0 Å². The molecule has 0 aromatic heterocycles. The van der Waals surface area contributed by atoms with Crippen molar-refractivity contribution in [3.63, 3.8) is 0 Å². The van der Waals surface area contributed by atoms with Crippen molar-refractivity contribution in [1.29, 1.82) is 0 Å². The molecule has 4 heteroatoms. The van der Waals surface area contributed by atoms with Gasteiger partial charge in [0.05, 0.1) is 19.8 Å². The van der Waals surface area contributed by atoms with Crippen molar-refractivity contribution >= 4 is 0 Å². The highest BCUT2D eigenvalue weighted by Crippen LogP contribution is 2.26. The lowest BCUT2D eigenvalue weighted by molar-refractivity contribution is 0.312. The normalized spacial score (nSPS) is 9.85. The Morgan fingerprint density at radius 3 is 2.46 bits per heavy atom. The first-order valence-electron chi connectivity index (χ1n) is 3.77. The van der Waals surface area contributed by atoms with E-state index in [-0.39, 0.29) is 11.5 Å². The second-order valence-corrected chi connectivity index (χ2v) is 2.26. The van der Waals surface area contributed by atoms with Crippen LogP contribution in [0, 0.1) is 17.7 Å². The van der Waals surface area contributed by atoms with Crippen LogP contribution in [0.2, 0.25) is 0 Å². The van der Waals surface area contributed by atoms with Crippen LogP contribution >= 0.6 is 0 Å². The summed E-state index contributed by atoms with van der Waals surface area (Å²) in [5, 5.41) is 0. The lowest BCUT2D eigenvalue weighted by Gasteiger charge is -2.06. The molecule has 0 saturated heterocycles. The molecule has 0 N–H and O–H groups in total. The van der Waals surface area contributed by atoms with Crippen LogP contribution in [0.4, 0.5) is 8.78 Å². The first-order chi connectivity index (χ1) is 6.19. The zero-order valence-electron chi connectivity index (χ0n) is 7.36. The summed E-state index contributed by atoms with van der Waals surface area (Å²) < 4.78 is 35.2. The van der Waals surface area contributed by atoms with E-state index in [0.29, 0.717) is 6.61 Å². The summed E-state index contributed by atoms with van der Waals surface area (Å²) in [6.45, 7) is 2.01. The molecule has 1 aromatic rings. The van der Waals surface area contributed by atoms with Gasteiger partial charge in [-0.1, -0.05) is 0 Å². The molecule has 0 bridgehead atoms. The van der Waals surface area contributed by atoms with Crippen LogP contribution in [0.5, 0.6) is 11.5 Å². The van der Waals surface area contributed by atoms with Gasteiger partial charge in [0.25, 0.3) is 0 Å². The molecule has 1 aromatic carbocycles. The van der Waals surface area contributed by atoms with E-state index in [1.165, 1.54) is 7.11 Å². The van der Waals surface area contributed by atoms with Crippen LogP contribution in [0.15, 0.2) is 6.07 Å². The van der Waals surface area contributed by atoms with Gasteiger partial charge in [-0.3, -0.25) is 0 Å². The summed E-state index contributed by atoms with van der Waals surface area (Å²) in [4.78, 5) is 0. The van der Waals surface area contributed by atoms with Crippen molar-refractivity contribution < 1.29 is 18.3 Å². The summed E-state index contributed by atoms with van der Waals surface area (Å²) in [6, 6.07) is 3.02. The van der Waals surface area contributed by atoms with E-state index in [0.717, 1.165) is 6.07 Å². The predicted molar refractivity (Wildman–Crippen MR) is 42.9 cm³/mol. The molecule has 0 heterocycles. The molecule has 0 unspecified atom stereocenters. The van der Waals surface area contributed by atoms with E-state index < -0.39 is 11.6 Å². The van der Waals surface area contributed by atoms with Crippen molar-refractivity contribution in [2.45, 2.75) is 6.92 Å². The van der Waals surface area contributed by atoms with Crippen LogP contribution in [-0.4, -0.2) is 13.7 Å². The van der Waals surface area contributed by atoms with E-state index in [1.54, 1.807) is 6.92 Å². The van der Waals surface area contributed by atoms with Gasteiger partial charge in [0.2, 0.25) is 0 Å². The number of benzene rings is 1. The minimum absolute atomic E-state index is 0.0549. The van der Waals surface area contributed by atoms with Gasteiger partial charge in [-0.2, -0.15) is 0 Å². The average molecular weight is 187 g/mol. The third-order valence-electron chi connectivity index (χ3n) is 1.43. The van der Waals surface area contributed by atoms with Gasteiger partial charge in [-0.05, 0) is 6.92 Å². The van der Waals surface area contributed by atoms with Crippen molar-refractivity contribution in [2.75, 3.05) is 13.7 Å². The minimum Gasteiger partial charge on any atom is -0.494 e. The molecule has 0 aliphatic rings. The fourth-order valence-corrected chi connectivity index (χ4v) is 0.874. The standard InChI is InChI=1S/C9H9F2O2/c1-3-13-9-5-8(12-2)6(10)4-7(9)11/h5H,3H2,1-2H3. The first kappa shape index (κ1) is 9.77. The molecule has 71 valence electrons. The molecule has 2 nitrogen and oxygen atoms in total.